The minimum atomic E-state index is -4.13. The molecule has 0 aromatic heterocycles. The summed E-state index contributed by atoms with van der Waals surface area (Å²) in [5.41, 5.74) is 0. The summed E-state index contributed by atoms with van der Waals surface area (Å²) in [6.07, 6.45) is -1.08. The van der Waals surface area contributed by atoms with E-state index >= 15 is 0 Å². The summed E-state index contributed by atoms with van der Waals surface area (Å²) in [5, 5.41) is 5.51. The first-order valence-corrected chi connectivity index (χ1v) is 6.73. The number of hydrogen-bond acceptors (Lipinski definition) is 2. The number of carbonyl (C=O) groups is 1. The number of likely N-dealkylation sites (tertiary alicyclic amines) is 1. The highest BCUT2D eigenvalue weighted by atomic mass is 19.4. The van der Waals surface area contributed by atoms with Crippen LogP contribution >= 0.6 is 0 Å². The summed E-state index contributed by atoms with van der Waals surface area (Å²) < 4.78 is 36.6. The van der Waals surface area contributed by atoms with E-state index < -0.39 is 12.7 Å². The highest BCUT2D eigenvalue weighted by Crippen LogP contribution is 2.27. The lowest BCUT2D eigenvalue weighted by Gasteiger charge is -2.18. The number of nitrogens with one attached hydrogen (secondary N) is 2. The summed E-state index contributed by atoms with van der Waals surface area (Å²) in [5.74, 6) is 0.744. The molecule has 19 heavy (non-hydrogen) atoms. The predicted octanol–water partition coefficient (Wildman–Crippen LogP) is 1.58. The molecular formula is C12H20F3N3O. The number of amides is 2. The van der Waals surface area contributed by atoms with Crippen molar-refractivity contribution in [1.82, 2.24) is 15.5 Å². The normalized spacial score (nSPS) is 24.5. The van der Waals surface area contributed by atoms with Crippen LogP contribution in [0.25, 0.3) is 0 Å². The quantitative estimate of drug-likeness (QED) is 0.802. The Hall–Kier alpha value is -0.980. The van der Waals surface area contributed by atoms with E-state index in [1.54, 1.807) is 0 Å². The van der Waals surface area contributed by atoms with E-state index in [1.807, 2.05) is 0 Å². The van der Waals surface area contributed by atoms with Gasteiger partial charge in [0.15, 0.2) is 0 Å². The van der Waals surface area contributed by atoms with Gasteiger partial charge in [-0.05, 0) is 37.6 Å². The smallest absolute Gasteiger partial charge is 0.338 e. The van der Waals surface area contributed by atoms with Crippen molar-refractivity contribution in [2.45, 2.75) is 25.4 Å². The molecule has 0 aromatic rings. The summed E-state index contributed by atoms with van der Waals surface area (Å²) in [6, 6.07) is -0.207. The first kappa shape index (κ1) is 14.4. The molecule has 2 fully saturated rings. The first-order chi connectivity index (χ1) is 8.92. The highest BCUT2D eigenvalue weighted by Gasteiger charge is 2.34. The third-order valence-electron chi connectivity index (χ3n) is 3.57. The second-order valence-corrected chi connectivity index (χ2v) is 5.54. The maximum Gasteiger partial charge on any atom is 0.401 e. The molecule has 2 rings (SSSR count). The number of rotatable bonds is 5. The Kier molecular flexibility index (Phi) is 4.54. The van der Waals surface area contributed by atoms with Gasteiger partial charge in [-0.1, -0.05) is 0 Å². The lowest BCUT2D eigenvalue weighted by molar-refractivity contribution is -0.143. The molecule has 7 heteroatoms. The van der Waals surface area contributed by atoms with E-state index in [4.69, 9.17) is 0 Å². The van der Waals surface area contributed by atoms with Crippen molar-refractivity contribution in [2.24, 2.45) is 11.8 Å². The summed E-state index contributed by atoms with van der Waals surface area (Å²) in [4.78, 5) is 12.8. The number of urea groups is 1. The minimum Gasteiger partial charge on any atom is -0.338 e. The molecule has 0 spiro atoms. The van der Waals surface area contributed by atoms with Crippen molar-refractivity contribution < 1.29 is 18.0 Å². The zero-order valence-electron chi connectivity index (χ0n) is 10.8. The molecule has 0 aromatic carbocycles. The molecule has 2 aliphatic rings. The van der Waals surface area contributed by atoms with Gasteiger partial charge >= 0.3 is 12.2 Å². The van der Waals surface area contributed by atoms with Crippen LogP contribution in [0.4, 0.5) is 18.0 Å². The Labute approximate surface area is 110 Å². The third-order valence-corrected chi connectivity index (χ3v) is 3.57. The molecular weight excluding hydrogens is 259 g/mol. The van der Waals surface area contributed by atoms with Crippen LogP contribution in [0.5, 0.6) is 0 Å². The van der Waals surface area contributed by atoms with Gasteiger partial charge in [-0.25, -0.2) is 4.79 Å². The zero-order chi connectivity index (χ0) is 13.9. The van der Waals surface area contributed by atoms with Gasteiger partial charge in [0.25, 0.3) is 0 Å². The van der Waals surface area contributed by atoms with Crippen LogP contribution < -0.4 is 10.6 Å². The SMILES string of the molecule is O=C(NCC1CC1)NCC1CCN(CC(F)(F)F)C1. The van der Waals surface area contributed by atoms with Crippen LogP contribution in [0.15, 0.2) is 0 Å². The number of alkyl halides is 3. The fourth-order valence-electron chi connectivity index (χ4n) is 2.34. The van der Waals surface area contributed by atoms with Crippen LogP contribution in [0.1, 0.15) is 19.3 Å². The molecule has 1 saturated carbocycles. The van der Waals surface area contributed by atoms with Gasteiger partial charge in [0.2, 0.25) is 0 Å². The number of halogens is 3. The van der Waals surface area contributed by atoms with Crippen molar-refractivity contribution in [3.05, 3.63) is 0 Å². The first-order valence-electron chi connectivity index (χ1n) is 6.73. The van der Waals surface area contributed by atoms with E-state index in [9.17, 15) is 18.0 Å². The Morgan fingerprint density at radius 3 is 2.32 bits per heavy atom. The van der Waals surface area contributed by atoms with Crippen molar-refractivity contribution in [1.29, 1.82) is 0 Å². The lowest BCUT2D eigenvalue weighted by atomic mass is 10.1. The monoisotopic (exact) mass is 279 g/mol. The second kappa shape index (κ2) is 5.98. The van der Waals surface area contributed by atoms with E-state index in [1.165, 1.54) is 17.7 Å². The van der Waals surface area contributed by atoms with Gasteiger partial charge in [0.05, 0.1) is 6.54 Å². The molecule has 1 heterocycles. The summed E-state index contributed by atoms with van der Waals surface area (Å²) >= 11 is 0. The maximum atomic E-state index is 12.2. The van der Waals surface area contributed by atoms with Crippen LogP contribution in [-0.4, -0.2) is 49.8 Å². The predicted molar refractivity (Wildman–Crippen MR) is 64.7 cm³/mol. The molecule has 0 radical (unpaired) electrons. The Balaban J connectivity index is 1.57. The standard InChI is InChI=1S/C12H20F3N3O/c13-12(14,15)8-18-4-3-10(7-18)6-17-11(19)16-5-9-1-2-9/h9-10H,1-8H2,(H2,16,17,19). The molecule has 2 amide bonds. The van der Waals surface area contributed by atoms with Crippen LogP contribution in [0.3, 0.4) is 0 Å². The molecule has 1 aliphatic carbocycles. The zero-order valence-corrected chi connectivity index (χ0v) is 10.8. The molecule has 110 valence electrons. The Morgan fingerprint density at radius 2 is 1.74 bits per heavy atom. The number of hydrogen-bond donors (Lipinski definition) is 2. The summed E-state index contributed by atoms with van der Waals surface area (Å²) in [6.45, 7) is 1.16. The molecule has 1 saturated heterocycles. The van der Waals surface area contributed by atoms with Crippen molar-refractivity contribution in [2.75, 3.05) is 32.7 Å². The molecule has 1 aliphatic heterocycles. The molecule has 0 bridgehead atoms. The minimum absolute atomic E-state index is 0.119. The maximum absolute atomic E-state index is 12.2. The van der Waals surface area contributed by atoms with E-state index in [-0.39, 0.29) is 11.9 Å². The lowest BCUT2D eigenvalue weighted by Crippen LogP contribution is -2.40. The largest absolute Gasteiger partial charge is 0.401 e. The number of nitrogens with zero attached hydrogens (tertiary/aromatic N) is 1. The van der Waals surface area contributed by atoms with Crippen molar-refractivity contribution >= 4 is 6.03 Å². The second-order valence-electron chi connectivity index (χ2n) is 5.54. The molecule has 1 unspecified atom stereocenters. The topological polar surface area (TPSA) is 44.4 Å². The van der Waals surface area contributed by atoms with E-state index in [2.05, 4.69) is 10.6 Å². The van der Waals surface area contributed by atoms with Gasteiger partial charge in [0, 0.05) is 19.6 Å². The highest BCUT2D eigenvalue weighted by molar-refractivity contribution is 5.73. The Bertz CT molecular complexity index is 318. The van der Waals surface area contributed by atoms with Gasteiger partial charge in [-0.15, -0.1) is 0 Å². The average molecular weight is 279 g/mol. The fraction of sp³-hybridized carbons (Fsp3) is 0.917. The third kappa shape index (κ3) is 5.67. The summed E-state index contributed by atoms with van der Waals surface area (Å²) in [7, 11) is 0. The fourth-order valence-corrected chi connectivity index (χ4v) is 2.34. The van der Waals surface area contributed by atoms with Crippen LogP contribution in [-0.2, 0) is 0 Å². The van der Waals surface area contributed by atoms with Crippen LogP contribution in [0.2, 0.25) is 0 Å². The van der Waals surface area contributed by atoms with Crippen molar-refractivity contribution in [3.8, 4) is 0 Å². The molecule has 2 N–H and O–H groups in total. The number of carbonyl (C=O) groups excluding carboxylic acids is 1. The average Bonchev–Trinajstić information content (AvgIpc) is 3.03. The molecule has 4 nitrogen and oxygen atoms in total. The van der Waals surface area contributed by atoms with Gasteiger partial charge in [-0.3, -0.25) is 4.90 Å². The van der Waals surface area contributed by atoms with E-state index in [0.29, 0.717) is 38.5 Å². The van der Waals surface area contributed by atoms with Crippen LogP contribution in [0, 0.1) is 11.8 Å². The van der Waals surface area contributed by atoms with Gasteiger partial charge in [0.1, 0.15) is 0 Å². The molecule has 1 atom stereocenters. The van der Waals surface area contributed by atoms with E-state index in [0.717, 1.165) is 0 Å². The van der Waals surface area contributed by atoms with Crippen molar-refractivity contribution in [3.63, 3.8) is 0 Å². The van der Waals surface area contributed by atoms with Gasteiger partial charge in [-0.2, -0.15) is 13.2 Å². The van der Waals surface area contributed by atoms with Gasteiger partial charge < -0.3 is 10.6 Å². The Morgan fingerprint density at radius 1 is 1.11 bits per heavy atom.